The van der Waals surface area contributed by atoms with E-state index in [-0.39, 0.29) is 0 Å². The largest absolute Gasteiger partial charge is 0.469 e. The minimum absolute atomic E-state index is 0.629. The maximum atomic E-state index is 7.45. The zero-order valence-electron chi connectivity index (χ0n) is 24.0. The van der Waals surface area contributed by atoms with Crippen LogP contribution in [0.1, 0.15) is 75.7 Å². The fourth-order valence-corrected chi connectivity index (χ4v) is 25.8. The van der Waals surface area contributed by atoms with Gasteiger partial charge in [0.2, 0.25) is 0 Å². The van der Waals surface area contributed by atoms with Crippen molar-refractivity contribution in [3.8, 4) is 0 Å². The van der Waals surface area contributed by atoms with Crippen LogP contribution >= 0.6 is 0 Å². The molecule has 0 aliphatic rings. The molecule has 33 heavy (non-hydrogen) atoms. The van der Waals surface area contributed by atoms with E-state index in [0.29, 0.717) is 13.2 Å². The third kappa shape index (κ3) is 10.1. The van der Waals surface area contributed by atoms with E-state index >= 15 is 0 Å². The lowest BCUT2D eigenvalue weighted by Gasteiger charge is -2.48. The second-order valence-electron chi connectivity index (χ2n) is 9.83. The van der Waals surface area contributed by atoms with Crippen molar-refractivity contribution < 1.29 is 17.1 Å². The van der Waals surface area contributed by atoms with Crippen LogP contribution in [0.5, 0.6) is 0 Å². The zero-order chi connectivity index (χ0) is 25.6. The monoisotopic (exact) mass is 534 g/mol. The molecule has 0 aliphatic heterocycles. The first-order chi connectivity index (χ1) is 15.6. The van der Waals surface area contributed by atoms with E-state index in [2.05, 4.69) is 68.9 Å². The highest BCUT2D eigenvalue weighted by Gasteiger charge is 2.54. The first-order valence-electron chi connectivity index (χ1n) is 13.9. The molecule has 0 spiro atoms. The van der Waals surface area contributed by atoms with E-state index in [1.807, 2.05) is 6.92 Å². The van der Waals surface area contributed by atoms with Crippen LogP contribution in [0.25, 0.3) is 0 Å². The second-order valence-corrected chi connectivity index (χ2v) is 27.6. The van der Waals surface area contributed by atoms with Crippen LogP contribution in [-0.2, 0) is 17.1 Å². The zero-order valence-corrected chi connectivity index (χ0v) is 28.0. The SMILES string of the molecule is C=C(C)COCCC[Si](O[Si](CC)(CC)CC)(O[Si](CC)(CC)CC)O[Si](CC)(CC)CC. The summed E-state index contributed by atoms with van der Waals surface area (Å²) < 4.78 is 28.3. The molecule has 0 aromatic rings. The lowest BCUT2D eigenvalue weighted by atomic mass is 10.4. The molecule has 0 saturated heterocycles. The first kappa shape index (κ1) is 33.4. The van der Waals surface area contributed by atoms with Crippen LogP contribution < -0.4 is 0 Å². The first-order valence-corrected chi connectivity index (χ1v) is 23.4. The van der Waals surface area contributed by atoms with Crippen molar-refractivity contribution >= 4 is 33.8 Å². The summed E-state index contributed by atoms with van der Waals surface area (Å²) in [4.78, 5) is 0. The summed E-state index contributed by atoms with van der Waals surface area (Å²) in [6, 6.07) is 11.1. The minimum Gasteiger partial charge on any atom is -0.416 e. The fraction of sp³-hybridized carbons (Fsp3) is 0.920. The highest BCUT2D eigenvalue weighted by molar-refractivity contribution is 6.92. The van der Waals surface area contributed by atoms with Crippen molar-refractivity contribution in [2.24, 2.45) is 0 Å². The molecule has 0 radical (unpaired) electrons. The van der Waals surface area contributed by atoms with Gasteiger partial charge in [-0.3, -0.25) is 0 Å². The molecule has 198 valence electrons. The Morgan fingerprint density at radius 1 is 0.576 bits per heavy atom. The smallest absolute Gasteiger partial charge is 0.416 e. The summed E-state index contributed by atoms with van der Waals surface area (Å²) in [5.41, 5.74) is 1.07. The van der Waals surface area contributed by atoms with Gasteiger partial charge in [-0.1, -0.05) is 74.5 Å². The van der Waals surface area contributed by atoms with Gasteiger partial charge in [0.15, 0.2) is 25.0 Å². The van der Waals surface area contributed by atoms with Crippen molar-refractivity contribution in [2.45, 2.75) is 136 Å². The molecule has 0 N–H and O–H groups in total. The van der Waals surface area contributed by atoms with Gasteiger partial charge in [0, 0.05) is 12.7 Å². The van der Waals surface area contributed by atoms with Crippen molar-refractivity contribution in [2.75, 3.05) is 13.2 Å². The molecule has 0 aliphatic carbocycles. The lowest BCUT2D eigenvalue weighted by Crippen LogP contribution is -2.64. The van der Waals surface area contributed by atoms with E-state index in [9.17, 15) is 0 Å². The summed E-state index contributed by atoms with van der Waals surface area (Å²) in [6.45, 7) is 28.2. The van der Waals surface area contributed by atoms with Crippen LogP contribution in [0.2, 0.25) is 60.4 Å². The van der Waals surface area contributed by atoms with Gasteiger partial charge < -0.3 is 17.1 Å². The van der Waals surface area contributed by atoms with Gasteiger partial charge in [-0.25, -0.2) is 0 Å². The normalized spacial score (nSPS) is 13.5. The molecule has 0 amide bonds. The molecule has 0 aromatic heterocycles. The summed E-state index contributed by atoms with van der Waals surface area (Å²) >= 11 is 0. The molecule has 0 fully saturated rings. The van der Waals surface area contributed by atoms with Crippen LogP contribution in [0, 0.1) is 0 Å². The molecule has 0 rings (SSSR count). The van der Waals surface area contributed by atoms with Crippen molar-refractivity contribution in [1.29, 1.82) is 0 Å². The van der Waals surface area contributed by atoms with Gasteiger partial charge in [0.05, 0.1) is 6.61 Å². The predicted molar refractivity (Wildman–Crippen MR) is 156 cm³/mol. The summed E-state index contributed by atoms with van der Waals surface area (Å²) in [7, 11) is -8.63. The summed E-state index contributed by atoms with van der Waals surface area (Å²) in [6.07, 6.45) is 0.935. The maximum Gasteiger partial charge on any atom is 0.469 e. The van der Waals surface area contributed by atoms with Gasteiger partial charge in [-0.2, -0.15) is 0 Å². The Morgan fingerprint density at radius 3 is 1.12 bits per heavy atom. The highest BCUT2D eigenvalue weighted by Crippen LogP contribution is 2.39. The molecule has 0 bridgehead atoms. The van der Waals surface area contributed by atoms with Crippen LogP contribution in [-0.4, -0.2) is 47.0 Å². The molecule has 4 nitrogen and oxygen atoms in total. The van der Waals surface area contributed by atoms with Gasteiger partial charge in [0.1, 0.15) is 0 Å². The maximum absolute atomic E-state index is 7.45. The third-order valence-electron chi connectivity index (χ3n) is 8.04. The molecule has 8 heteroatoms. The Bertz CT molecular complexity index is 453. The molecule has 0 aromatic carbocycles. The fourth-order valence-electron chi connectivity index (χ4n) is 4.74. The average molecular weight is 535 g/mol. The van der Waals surface area contributed by atoms with Crippen molar-refractivity contribution in [3.05, 3.63) is 12.2 Å². The van der Waals surface area contributed by atoms with E-state index in [1.54, 1.807) is 0 Å². The molecule has 0 saturated carbocycles. The summed E-state index contributed by atoms with van der Waals surface area (Å²) in [5.74, 6) is 0. The Hall–Kier alpha value is 0.448. The van der Waals surface area contributed by atoms with E-state index < -0.39 is 33.8 Å². The molecule has 0 atom stereocenters. The van der Waals surface area contributed by atoms with E-state index in [0.717, 1.165) is 72.4 Å². The summed E-state index contributed by atoms with van der Waals surface area (Å²) in [5, 5.41) is 0. The van der Waals surface area contributed by atoms with Crippen LogP contribution in [0.3, 0.4) is 0 Å². The van der Waals surface area contributed by atoms with Gasteiger partial charge in [-0.05, 0) is 67.7 Å². The number of rotatable bonds is 21. The molecular weight excluding hydrogens is 477 g/mol. The lowest BCUT2D eigenvalue weighted by molar-refractivity contribution is 0.151. The average Bonchev–Trinajstić information content (AvgIpc) is 2.84. The Morgan fingerprint density at radius 2 is 0.879 bits per heavy atom. The highest BCUT2D eigenvalue weighted by atomic mass is 28.5. The minimum atomic E-state index is -2.88. The van der Waals surface area contributed by atoms with Crippen molar-refractivity contribution in [1.82, 2.24) is 0 Å². The van der Waals surface area contributed by atoms with Gasteiger partial charge >= 0.3 is 8.80 Å². The Balaban J connectivity index is 6.42. The number of hydrogen-bond acceptors (Lipinski definition) is 4. The molecule has 0 unspecified atom stereocenters. The van der Waals surface area contributed by atoms with Gasteiger partial charge in [-0.15, -0.1) is 0 Å². The van der Waals surface area contributed by atoms with Crippen molar-refractivity contribution in [3.63, 3.8) is 0 Å². The van der Waals surface area contributed by atoms with E-state index in [1.165, 1.54) is 0 Å². The standard InChI is InChI=1S/C25H58O4Si4/c1-12-30(13-2,14-3)27-33(23-21-22-26-24-25(10)11,28-31(15-4,16-5)17-6)29-32(18-7,19-8)20-9/h10,12-24H2,1-9,11H3. The number of hydrogen-bond donors (Lipinski definition) is 0. The quantitative estimate of drug-likeness (QED) is 0.0836. The topological polar surface area (TPSA) is 36.9 Å². The van der Waals surface area contributed by atoms with Crippen LogP contribution in [0.15, 0.2) is 12.2 Å². The number of ether oxygens (including phenoxy) is 1. The third-order valence-corrected chi connectivity index (χ3v) is 29.5. The second kappa shape index (κ2) is 16.2. The Kier molecular flexibility index (Phi) is 16.5. The van der Waals surface area contributed by atoms with Crippen LogP contribution in [0.4, 0.5) is 0 Å². The predicted octanol–water partition coefficient (Wildman–Crippen LogP) is 8.97. The van der Waals surface area contributed by atoms with E-state index in [4.69, 9.17) is 17.1 Å². The molecule has 0 heterocycles. The Labute approximate surface area is 212 Å². The molecular formula is C25H58O4Si4. The van der Waals surface area contributed by atoms with Gasteiger partial charge in [0.25, 0.3) is 0 Å².